The molecule has 0 aromatic heterocycles. The second-order valence-electron chi connectivity index (χ2n) is 4.59. The first-order valence-corrected chi connectivity index (χ1v) is 6.67. The van der Waals surface area contributed by atoms with Gasteiger partial charge in [-0.2, -0.15) is 0 Å². The molecule has 0 unspecified atom stereocenters. The first-order valence-electron chi connectivity index (χ1n) is 6.67. The molecule has 0 heterocycles. The number of nitrogens with zero attached hydrogens (tertiary/aromatic N) is 1. The molecule has 0 fully saturated rings. The topological polar surface area (TPSA) is 40.5 Å². The van der Waals surface area contributed by atoms with Crippen LogP contribution in [-0.2, 0) is 17.6 Å². The second-order valence-corrected chi connectivity index (χ2v) is 4.59. The van der Waals surface area contributed by atoms with Crippen LogP contribution in [0, 0.1) is 0 Å². The summed E-state index contributed by atoms with van der Waals surface area (Å²) in [6, 6.07) is 8.58. The normalized spacial score (nSPS) is 10.8. The number of rotatable bonds is 8. The molecule has 0 aliphatic rings. The average Bonchev–Trinajstić information content (AvgIpc) is 2.36. The number of aliphatic carboxylic acids is 1. The lowest BCUT2D eigenvalue weighted by molar-refractivity contribution is -0.138. The molecule has 0 aliphatic carbocycles. The third kappa shape index (κ3) is 5.32. The molecule has 0 atom stereocenters. The predicted molar refractivity (Wildman–Crippen MR) is 73.9 cm³/mol. The zero-order chi connectivity index (χ0) is 13.4. The number of benzene rings is 1. The number of hydrogen-bond donors (Lipinski definition) is 1. The van der Waals surface area contributed by atoms with Crippen molar-refractivity contribution in [2.45, 2.75) is 33.1 Å². The minimum absolute atomic E-state index is 0.140. The maximum absolute atomic E-state index is 10.7. The molecule has 1 aromatic carbocycles. The van der Waals surface area contributed by atoms with Crippen LogP contribution in [0.4, 0.5) is 0 Å². The lowest BCUT2D eigenvalue weighted by Crippen LogP contribution is -2.32. The summed E-state index contributed by atoms with van der Waals surface area (Å²) >= 11 is 0. The molecule has 0 bridgehead atoms. The van der Waals surface area contributed by atoms with E-state index in [1.54, 1.807) is 0 Å². The highest BCUT2D eigenvalue weighted by molar-refractivity contribution is 5.69. The molecule has 0 spiro atoms. The summed E-state index contributed by atoms with van der Waals surface area (Å²) in [5.74, 6) is -0.746. The highest BCUT2D eigenvalue weighted by atomic mass is 16.4. The summed E-state index contributed by atoms with van der Waals surface area (Å²) in [6.07, 6.45) is 2.96. The summed E-state index contributed by atoms with van der Waals surface area (Å²) in [7, 11) is 0. The fourth-order valence-corrected chi connectivity index (χ4v) is 2.01. The van der Waals surface area contributed by atoms with E-state index >= 15 is 0 Å². The van der Waals surface area contributed by atoms with Gasteiger partial charge in [-0.05, 0) is 36.9 Å². The maximum Gasteiger partial charge on any atom is 0.317 e. The zero-order valence-corrected chi connectivity index (χ0v) is 11.4. The Hall–Kier alpha value is -1.35. The maximum atomic E-state index is 10.7. The van der Waals surface area contributed by atoms with Crippen molar-refractivity contribution >= 4 is 5.97 Å². The van der Waals surface area contributed by atoms with Crippen molar-refractivity contribution in [3.63, 3.8) is 0 Å². The van der Waals surface area contributed by atoms with Gasteiger partial charge in [0, 0.05) is 6.54 Å². The van der Waals surface area contributed by atoms with Gasteiger partial charge in [0.15, 0.2) is 0 Å². The summed E-state index contributed by atoms with van der Waals surface area (Å²) in [4.78, 5) is 12.7. The monoisotopic (exact) mass is 249 g/mol. The quantitative estimate of drug-likeness (QED) is 0.770. The van der Waals surface area contributed by atoms with Gasteiger partial charge < -0.3 is 5.11 Å². The minimum atomic E-state index is -0.746. The molecule has 1 N–H and O–H groups in total. The predicted octanol–water partition coefficient (Wildman–Crippen LogP) is 2.59. The SMILES string of the molecule is CCCN(CCc1ccc(CC)cc1)CC(=O)O. The molecule has 3 nitrogen and oxygen atoms in total. The number of carbonyl (C=O) groups is 1. The van der Waals surface area contributed by atoms with E-state index in [4.69, 9.17) is 5.11 Å². The Morgan fingerprint density at radius 2 is 1.72 bits per heavy atom. The molecule has 1 rings (SSSR count). The number of carboxylic acid groups (broad SMARTS) is 1. The first-order chi connectivity index (χ1) is 8.65. The molecule has 1 aromatic rings. The van der Waals surface area contributed by atoms with Gasteiger partial charge in [0.1, 0.15) is 0 Å². The summed E-state index contributed by atoms with van der Waals surface area (Å²) in [5.41, 5.74) is 2.62. The van der Waals surface area contributed by atoms with Gasteiger partial charge >= 0.3 is 5.97 Å². The molecule has 0 radical (unpaired) electrons. The lowest BCUT2D eigenvalue weighted by atomic mass is 10.1. The van der Waals surface area contributed by atoms with Gasteiger partial charge in [0.05, 0.1) is 6.54 Å². The smallest absolute Gasteiger partial charge is 0.317 e. The Morgan fingerprint density at radius 3 is 2.22 bits per heavy atom. The van der Waals surface area contributed by atoms with Crippen LogP contribution in [0.2, 0.25) is 0 Å². The molecule has 3 heteroatoms. The molecular formula is C15H23NO2. The van der Waals surface area contributed by atoms with Crippen molar-refractivity contribution < 1.29 is 9.90 Å². The molecule has 0 saturated heterocycles. The van der Waals surface area contributed by atoms with Crippen LogP contribution in [0.3, 0.4) is 0 Å². The van der Waals surface area contributed by atoms with E-state index in [2.05, 4.69) is 38.1 Å². The standard InChI is InChI=1S/C15H23NO2/c1-3-10-16(12-15(17)18)11-9-14-7-5-13(4-2)6-8-14/h5-8H,3-4,9-12H2,1-2H3,(H,17,18). The van der Waals surface area contributed by atoms with Gasteiger partial charge in [0.2, 0.25) is 0 Å². The largest absolute Gasteiger partial charge is 0.480 e. The molecular weight excluding hydrogens is 226 g/mol. The number of aryl methyl sites for hydroxylation is 1. The summed E-state index contributed by atoms with van der Waals surface area (Å²) in [6.45, 7) is 6.02. The van der Waals surface area contributed by atoms with E-state index in [9.17, 15) is 4.79 Å². The van der Waals surface area contributed by atoms with E-state index in [0.717, 1.165) is 32.4 Å². The van der Waals surface area contributed by atoms with E-state index in [1.807, 2.05) is 4.90 Å². The van der Waals surface area contributed by atoms with Gasteiger partial charge in [-0.15, -0.1) is 0 Å². The zero-order valence-electron chi connectivity index (χ0n) is 11.4. The third-order valence-corrected chi connectivity index (χ3v) is 3.05. The fraction of sp³-hybridized carbons (Fsp3) is 0.533. The summed E-state index contributed by atoms with van der Waals surface area (Å²) < 4.78 is 0. The molecule has 0 aliphatic heterocycles. The van der Waals surface area contributed by atoms with Gasteiger partial charge in [-0.3, -0.25) is 9.69 Å². The highest BCUT2D eigenvalue weighted by Gasteiger charge is 2.08. The van der Waals surface area contributed by atoms with Crippen LogP contribution in [0.15, 0.2) is 24.3 Å². The minimum Gasteiger partial charge on any atom is -0.480 e. The van der Waals surface area contributed by atoms with Crippen molar-refractivity contribution in [1.29, 1.82) is 0 Å². The molecule has 0 amide bonds. The first kappa shape index (κ1) is 14.7. The van der Waals surface area contributed by atoms with Crippen LogP contribution in [0.25, 0.3) is 0 Å². The highest BCUT2D eigenvalue weighted by Crippen LogP contribution is 2.06. The Bertz CT molecular complexity index is 359. The van der Waals surface area contributed by atoms with E-state index in [1.165, 1.54) is 11.1 Å². The lowest BCUT2D eigenvalue weighted by Gasteiger charge is -2.19. The Balaban J connectivity index is 2.46. The van der Waals surface area contributed by atoms with Crippen LogP contribution < -0.4 is 0 Å². The van der Waals surface area contributed by atoms with Gasteiger partial charge in [-0.1, -0.05) is 38.1 Å². The van der Waals surface area contributed by atoms with Crippen LogP contribution in [0.1, 0.15) is 31.4 Å². The number of carboxylic acids is 1. The van der Waals surface area contributed by atoms with Crippen LogP contribution in [-0.4, -0.2) is 35.6 Å². The van der Waals surface area contributed by atoms with Crippen molar-refractivity contribution in [2.75, 3.05) is 19.6 Å². The van der Waals surface area contributed by atoms with Crippen LogP contribution in [0.5, 0.6) is 0 Å². The summed E-state index contributed by atoms with van der Waals surface area (Å²) in [5, 5.41) is 8.83. The van der Waals surface area contributed by atoms with E-state index < -0.39 is 5.97 Å². The van der Waals surface area contributed by atoms with Crippen molar-refractivity contribution in [3.8, 4) is 0 Å². The van der Waals surface area contributed by atoms with Crippen LogP contribution >= 0.6 is 0 Å². The molecule has 100 valence electrons. The molecule has 18 heavy (non-hydrogen) atoms. The Kier molecular flexibility index (Phi) is 6.44. The third-order valence-electron chi connectivity index (χ3n) is 3.05. The van der Waals surface area contributed by atoms with Crippen molar-refractivity contribution in [1.82, 2.24) is 4.90 Å². The van der Waals surface area contributed by atoms with Gasteiger partial charge in [-0.25, -0.2) is 0 Å². The average molecular weight is 249 g/mol. The fourth-order valence-electron chi connectivity index (χ4n) is 2.01. The van der Waals surface area contributed by atoms with Crippen molar-refractivity contribution in [2.24, 2.45) is 0 Å². The Morgan fingerprint density at radius 1 is 1.11 bits per heavy atom. The molecule has 0 saturated carbocycles. The van der Waals surface area contributed by atoms with E-state index in [-0.39, 0.29) is 6.54 Å². The number of hydrogen-bond acceptors (Lipinski definition) is 2. The van der Waals surface area contributed by atoms with E-state index in [0.29, 0.717) is 0 Å². The van der Waals surface area contributed by atoms with Crippen molar-refractivity contribution in [3.05, 3.63) is 35.4 Å². The second kappa shape index (κ2) is 7.88. The Labute approximate surface area is 109 Å². The van der Waals surface area contributed by atoms with Gasteiger partial charge in [0.25, 0.3) is 0 Å².